The minimum Gasteiger partial charge on any atom is -0.364 e. The van der Waals surface area contributed by atoms with E-state index < -0.39 is 11.8 Å². The van der Waals surface area contributed by atoms with Gasteiger partial charge in [0, 0.05) is 11.8 Å². The molecule has 68 valence electrons. The van der Waals surface area contributed by atoms with Crippen LogP contribution in [0.25, 0.3) is 0 Å². The van der Waals surface area contributed by atoms with Crippen molar-refractivity contribution < 1.29 is 9.59 Å². The Bertz CT molecular complexity index is 350. The van der Waals surface area contributed by atoms with Gasteiger partial charge in [0.25, 0.3) is 11.8 Å². The van der Waals surface area contributed by atoms with E-state index in [2.05, 4.69) is 4.98 Å². The number of hydrogen-bond acceptors (Lipinski definition) is 4. The second-order valence-electron chi connectivity index (χ2n) is 2.27. The molecule has 1 heterocycles. The van der Waals surface area contributed by atoms with E-state index in [1.807, 2.05) is 5.43 Å². The van der Waals surface area contributed by atoms with Crippen LogP contribution in [-0.2, 0) is 0 Å². The fourth-order valence-corrected chi connectivity index (χ4v) is 0.790. The van der Waals surface area contributed by atoms with Gasteiger partial charge in [-0.3, -0.25) is 20.0 Å². The second kappa shape index (κ2) is 3.63. The average molecular weight is 180 g/mol. The number of carbonyl (C=O) groups excluding carboxylic acids is 2. The third kappa shape index (κ3) is 2.00. The SMILES string of the molecule is NNC(=O)c1ccnc(C(N)=O)c1. The van der Waals surface area contributed by atoms with Crippen LogP contribution in [0.1, 0.15) is 20.8 Å². The third-order valence-electron chi connectivity index (χ3n) is 1.41. The van der Waals surface area contributed by atoms with E-state index >= 15 is 0 Å². The maximum atomic E-state index is 11.0. The van der Waals surface area contributed by atoms with Crippen molar-refractivity contribution in [1.29, 1.82) is 0 Å². The van der Waals surface area contributed by atoms with Gasteiger partial charge >= 0.3 is 0 Å². The summed E-state index contributed by atoms with van der Waals surface area (Å²) in [4.78, 5) is 25.3. The topological polar surface area (TPSA) is 111 Å². The highest BCUT2D eigenvalue weighted by molar-refractivity contribution is 5.97. The quantitative estimate of drug-likeness (QED) is 0.301. The fourth-order valence-electron chi connectivity index (χ4n) is 0.790. The lowest BCUT2D eigenvalue weighted by molar-refractivity contribution is 0.0953. The van der Waals surface area contributed by atoms with Gasteiger partial charge in [0.05, 0.1) is 0 Å². The van der Waals surface area contributed by atoms with E-state index in [1.54, 1.807) is 0 Å². The molecule has 6 nitrogen and oxygen atoms in total. The standard InChI is InChI=1S/C7H8N4O2/c8-6(12)5-3-4(1-2-10-5)7(13)11-9/h1-3H,9H2,(H2,8,12)(H,11,13). The molecule has 0 bridgehead atoms. The number of rotatable bonds is 2. The molecule has 0 aliphatic heterocycles. The smallest absolute Gasteiger partial charge is 0.267 e. The Hall–Kier alpha value is -1.95. The van der Waals surface area contributed by atoms with Crippen LogP contribution in [0.4, 0.5) is 0 Å². The largest absolute Gasteiger partial charge is 0.364 e. The zero-order valence-electron chi connectivity index (χ0n) is 6.65. The van der Waals surface area contributed by atoms with Crippen LogP contribution >= 0.6 is 0 Å². The van der Waals surface area contributed by atoms with Crippen LogP contribution in [0.15, 0.2) is 18.3 Å². The van der Waals surface area contributed by atoms with Crippen LogP contribution in [0.5, 0.6) is 0 Å². The number of amides is 2. The van der Waals surface area contributed by atoms with Crippen LogP contribution in [0, 0.1) is 0 Å². The van der Waals surface area contributed by atoms with Gasteiger partial charge in [-0.2, -0.15) is 0 Å². The summed E-state index contributed by atoms with van der Waals surface area (Å²) < 4.78 is 0. The van der Waals surface area contributed by atoms with E-state index in [-0.39, 0.29) is 11.3 Å². The summed E-state index contributed by atoms with van der Waals surface area (Å²) in [5.41, 5.74) is 7.16. The van der Waals surface area contributed by atoms with E-state index in [1.165, 1.54) is 18.3 Å². The number of hydrogen-bond donors (Lipinski definition) is 3. The van der Waals surface area contributed by atoms with Gasteiger partial charge in [-0.1, -0.05) is 0 Å². The Morgan fingerprint density at radius 1 is 1.46 bits per heavy atom. The van der Waals surface area contributed by atoms with Crippen molar-refractivity contribution in [3.05, 3.63) is 29.6 Å². The highest BCUT2D eigenvalue weighted by Gasteiger charge is 2.07. The van der Waals surface area contributed by atoms with Crippen molar-refractivity contribution >= 4 is 11.8 Å². The van der Waals surface area contributed by atoms with Gasteiger partial charge in [0.1, 0.15) is 5.69 Å². The molecular weight excluding hydrogens is 172 g/mol. The summed E-state index contributed by atoms with van der Waals surface area (Å²) in [6, 6.07) is 2.69. The lowest BCUT2D eigenvalue weighted by Gasteiger charge is -1.99. The molecule has 0 saturated heterocycles. The predicted octanol–water partition coefficient (Wildman–Crippen LogP) is -1.22. The number of nitrogens with two attached hydrogens (primary N) is 2. The lowest BCUT2D eigenvalue weighted by atomic mass is 10.2. The number of nitrogen functional groups attached to an aromatic ring is 1. The van der Waals surface area contributed by atoms with Crippen LogP contribution in [0.3, 0.4) is 0 Å². The molecule has 0 unspecified atom stereocenters. The average Bonchev–Trinajstić information content (AvgIpc) is 2.17. The zero-order chi connectivity index (χ0) is 9.84. The second-order valence-corrected chi connectivity index (χ2v) is 2.27. The number of aromatic nitrogens is 1. The first kappa shape index (κ1) is 9.14. The Morgan fingerprint density at radius 3 is 2.69 bits per heavy atom. The Morgan fingerprint density at radius 2 is 2.15 bits per heavy atom. The Labute approximate surface area is 73.9 Å². The monoisotopic (exact) mass is 180 g/mol. The zero-order valence-corrected chi connectivity index (χ0v) is 6.65. The lowest BCUT2D eigenvalue weighted by Crippen LogP contribution is -2.30. The summed E-state index contributed by atoms with van der Waals surface area (Å²) in [5.74, 6) is 3.71. The molecule has 0 fully saturated rings. The van der Waals surface area contributed by atoms with Gasteiger partial charge in [-0.15, -0.1) is 0 Å². The summed E-state index contributed by atoms with van der Waals surface area (Å²) in [6.45, 7) is 0. The van der Waals surface area contributed by atoms with Crippen molar-refractivity contribution in [1.82, 2.24) is 10.4 Å². The van der Waals surface area contributed by atoms with E-state index in [0.29, 0.717) is 0 Å². The number of hydrazine groups is 1. The maximum Gasteiger partial charge on any atom is 0.267 e. The molecule has 0 aliphatic carbocycles. The number of nitrogens with zero attached hydrogens (tertiary/aromatic N) is 1. The fraction of sp³-hybridized carbons (Fsp3) is 0. The summed E-state index contributed by atoms with van der Waals surface area (Å²) in [6.07, 6.45) is 1.31. The summed E-state index contributed by atoms with van der Waals surface area (Å²) >= 11 is 0. The minimum atomic E-state index is -0.688. The molecule has 0 saturated carbocycles. The minimum absolute atomic E-state index is 0.0288. The maximum absolute atomic E-state index is 11.0. The van der Waals surface area contributed by atoms with Crippen LogP contribution in [-0.4, -0.2) is 16.8 Å². The van der Waals surface area contributed by atoms with E-state index in [0.717, 1.165) is 0 Å². The van der Waals surface area contributed by atoms with Gasteiger partial charge < -0.3 is 5.73 Å². The normalized spacial score (nSPS) is 9.31. The molecular formula is C7H8N4O2. The summed E-state index contributed by atoms with van der Waals surface area (Å²) in [7, 11) is 0. The molecule has 1 rings (SSSR count). The molecule has 0 aliphatic rings. The van der Waals surface area contributed by atoms with Gasteiger partial charge in [-0.25, -0.2) is 5.84 Å². The molecule has 0 aromatic carbocycles. The first-order valence-electron chi connectivity index (χ1n) is 3.42. The molecule has 6 heteroatoms. The number of primary amides is 1. The van der Waals surface area contributed by atoms with Crippen molar-refractivity contribution in [2.24, 2.45) is 11.6 Å². The van der Waals surface area contributed by atoms with E-state index in [9.17, 15) is 9.59 Å². The molecule has 13 heavy (non-hydrogen) atoms. The van der Waals surface area contributed by atoms with Crippen molar-refractivity contribution in [2.45, 2.75) is 0 Å². The van der Waals surface area contributed by atoms with Gasteiger partial charge in [-0.05, 0) is 12.1 Å². The van der Waals surface area contributed by atoms with Crippen molar-refractivity contribution in [3.63, 3.8) is 0 Å². The van der Waals surface area contributed by atoms with Crippen molar-refractivity contribution in [2.75, 3.05) is 0 Å². The number of nitrogens with one attached hydrogen (secondary N) is 1. The summed E-state index contributed by atoms with van der Waals surface area (Å²) in [5, 5.41) is 0. The van der Waals surface area contributed by atoms with Gasteiger partial charge in [0.15, 0.2) is 0 Å². The molecule has 1 aromatic heterocycles. The van der Waals surface area contributed by atoms with Crippen LogP contribution in [0.2, 0.25) is 0 Å². The molecule has 0 radical (unpaired) electrons. The number of carbonyl (C=O) groups is 2. The third-order valence-corrected chi connectivity index (χ3v) is 1.41. The molecule has 5 N–H and O–H groups in total. The molecule has 1 aromatic rings. The highest BCUT2D eigenvalue weighted by atomic mass is 16.2. The van der Waals surface area contributed by atoms with E-state index in [4.69, 9.17) is 11.6 Å². The Balaban J connectivity index is 3.05. The number of pyridine rings is 1. The first-order chi connectivity index (χ1) is 6.15. The molecule has 0 atom stereocenters. The van der Waals surface area contributed by atoms with Crippen LogP contribution < -0.4 is 17.0 Å². The first-order valence-corrected chi connectivity index (χ1v) is 3.42. The van der Waals surface area contributed by atoms with Crippen molar-refractivity contribution in [3.8, 4) is 0 Å². The van der Waals surface area contributed by atoms with Gasteiger partial charge in [0.2, 0.25) is 0 Å². The highest BCUT2D eigenvalue weighted by Crippen LogP contribution is 2.00. The molecule has 2 amide bonds. The predicted molar refractivity (Wildman–Crippen MR) is 44.4 cm³/mol. The molecule has 0 spiro atoms. The Kier molecular flexibility index (Phi) is 2.56.